The molecule has 0 aliphatic rings. The van der Waals surface area contributed by atoms with Gasteiger partial charge in [0.25, 0.3) is 0 Å². The van der Waals surface area contributed by atoms with Gasteiger partial charge in [-0.05, 0) is 55.0 Å². The second-order valence-electron chi connectivity index (χ2n) is 8.57. The van der Waals surface area contributed by atoms with Crippen molar-refractivity contribution in [2.24, 2.45) is 5.18 Å². The molecule has 8 nitrogen and oxygen atoms in total. The fourth-order valence-corrected chi connectivity index (χ4v) is 3.62. The van der Waals surface area contributed by atoms with E-state index in [1.54, 1.807) is 12.1 Å². The summed E-state index contributed by atoms with van der Waals surface area (Å²) in [5.74, 6) is 0.155. The zero-order valence-electron chi connectivity index (χ0n) is 20.2. The number of carbonyl (C=O) groups is 4. The number of amides is 2. The molecule has 0 radical (unpaired) electrons. The van der Waals surface area contributed by atoms with Crippen molar-refractivity contribution in [3.8, 4) is 0 Å². The lowest BCUT2D eigenvalue weighted by atomic mass is 10.1. The van der Waals surface area contributed by atoms with E-state index in [-0.39, 0.29) is 23.1 Å². The van der Waals surface area contributed by atoms with Gasteiger partial charge in [0.05, 0.1) is 0 Å². The van der Waals surface area contributed by atoms with Gasteiger partial charge in [0.2, 0.25) is 11.8 Å². The zero-order chi connectivity index (χ0) is 25.2. The number of hydrogen-bond acceptors (Lipinski definition) is 6. The highest BCUT2D eigenvalue weighted by Gasteiger charge is 2.06. The monoisotopic (exact) mass is 491 g/mol. The van der Waals surface area contributed by atoms with Crippen LogP contribution in [0.1, 0.15) is 88.2 Å². The third kappa shape index (κ3) is 14.6. The lowest BCUT2D eigenvalue weighted by molar-refractivity contribution is -0.122. The molecule has 0 aliphatic carbocycles. The van der Waals surface area contributed by atoms with Crippen molar-refractivity contribution in [2.45, 2.75) is 90.5 Å². The van der Waals surface area contributed by atoms with Crippen molar-refractivity contribution in [1.82, 2.24) is 10.6 Å². The van der Waals surface area contributed by atoms with Crippen LogP contribution in [0.5, 0.6) is 0 Å². The van der Waals surface area contributed by atoms with E-state index in [4.69, 9.17) is 0 Å². The molecule has 0 aliphatic heterocycles. The van der Waals surface area contributed by atoms with Gasteiger partial charge in [-0.25, -0.2) is 0 Å². The summed E-state index contributed by atoms with van der Waals surface area (Å²) in [4.78, 5) is 56.9. The Morgan fingerprint density at radius 3 is 2.03 bits per heavy atom. The molecule has 1 unspecified atom stereocenters. The van der Waals surface area contributed by atoms with E-state index in [1.807, 2.05) is 13.0 Å². The molecular formula is C25H38N3O5P. The number of unbranched alkanes of at least 4 members (excludes halogenated alkanes) is 5. The number of nitrogens with one attached hydrogen (secondary N) is 2. The van der Waals surface area contributed by atoms with Crippen molar-refractivity contribution < 1.29 is 19.2 Å². The van der Waals surface area contributed by atoms with Crippen LogP contribution in [-0.2, 0) is 25.7 Å². The van der Waals surface area contributed by atoms with Crippen LogP contribution in [0.25, 0.3) is 0 Å². The maximum atomic E-state index is 12.0. The predicted octanol–water partition coefficient (Wildman–Crippen LogP) is 4.78. The van der Waals surface area contributed by atoms with Crippen molar-refractivity contribution in [2.75, 3.05) is 6.54 Å². The van der Waals surface area contributed by atoms with Gasteiger partial charge in [-0.15, -0.1) is 4.91 Å². The molecule has 0 aromatic heterocycles. The van der Waals surface area contributed by atoms with Gasteiger partial charge < -0.3 is 10.6 Å². The number of carbonyl (C=O) groups excluding carboxylic acids is 4. The molecule has 0 saturated carbocycles. The summed E-state index contributed by atoms with van der Waals surface area (Å²) in [7, 11) is 2.08. The Morgan fingerprint density at radius 2 is 1.41 bits per heavy atom. The first-order valence-electron chi connectivity index (χ1n) is 12.1. The van der Waals surface area contributed by atoms with Crippen molar-refractivity contribution >= 4 is 38.0 Å². The molecular weight excluding hydrogens is 453 g/mol. The Morgan fingerprint density at radius 1 is 0.794 bits per heavy atom. The first-order chi connectivity index (χ1) is 16.3. The number of rotatable bonds is 19. The smallest absolute Gasteiger partial charge is 0.220 e. The summed E-state index contributed by atoms with van der Waals surface area (Å²) in [6.45, 7) is 2.84. The summed E-state index contributed by atoms with van der Waals surface area (Å²) in [5.41, 5.74) is 2.09. The summed E-state index contributed by atoms with van der Waals surface area (Å²) in [5, 5.41) is 8.73. The van der Waals surface area contributed by atoms with Crippen LogP contribution in [0, 0.1) is 11.8 Å². The molecule has 1 atom stereocenters. The fourth-order valence-electron chi connectivity index (χ4n) is 3.47. The van der Waals surface area contributed by atoms with Crippen LogP contribution < -0.4 is 10.6 Å². The van der Waals surface area contributed by atoms with E-state index in [2.05, 4.69) is 25.1 Å². The summed E-state index contributed by atoms with van der Waals surface area (Å²) in [6.07, 6.45) is 7.96. The SMILES string of the molecule is Cc1cc(CNC(=O)CCCCCNC(=O)CCCCCCC(=O)CCC(=O)P)ccc1N=O. The molecule has 1 aromatic rings. The molecule has 0 saturated heterocycles. The average Bonchev–Trinajstić information content (AvgIpc) is 2.80. The zero-order valence-corrected chi connectivity index (χ0v) is 21.4. The quantitative estimate of drug-likeness (QED) is 0.164. The minimum Gasteiger partial charge on any atom is -0.356 e. The number of ketones is 1. The van der Waals surface area contributed by atoms with Crippen molar-refractivity contribution in [3.63, 3.8) is 0 Å². The van der Waals surface area contributed by atoms with E-state index < -0.39 is 0 Å². The number of aryl methyl sites for hydroxylation is 1. The van der Waals surface area contributed by atoms with E-state index >= 15 is 0 Å². The highest BCUT2D eigenvalue weighted by molar-refractivity contribution is 7.40. The minimum absolute atomic E-state index is 0.0150. The van der Waals surface area contributed by atoms with Gasteiger partial charge in [0.1, 0.15) is 17.0 Å². The highest BCUT2D eigenvalue weighted by Crippen LogP contribution is 2.19. The molecule has 188 valence electrons. The van der Waals surface area contributed by atoms with Gasteiger partial charge in [-0.3, -0.25) is 19.2 Å². The first kappa shape index (κ1) is 29.6. The van der Waals surface area contributed by atoms with Crippen LogP contribution in [0.2, 0.25) is 0 Å². The normalized spacial score (nSPS) is 10.5. The standard InChI is InChI=1S/C25H38N3O5P/c1-19-17-20(12-14-22(19)28-33)18-27-24(31)11-7-4-8-16-26-23(30)10-6-3-2-5-9-21(29)13-15-25(32)34/h12,14,17H,2-11,13,15-16,18,34H2,1H3,(H,26,30)(H,27,31). The van der Waals surface area contributed by atoms with Crippen molar-refractivity contribution in [1.29, 1.82) is 0 Å². The number of nitroso groups, excluding NO2 is 1. The van der Waals surface area contributed by atoms with Crippen LogP contribution in [0.4, 0.5) is 5.69 Å². The lowest BCUT2D eigenvalue weighted by Gasteiger charge is -2.07. The Kier molecular flexibility index (Phi) is 15.6. The van der Waals surface area contributed by atoms with Gasteiger partial charge in [-0.2, -0.15) is 0 Å². The summed E-state index contributed by atoms with van der Waals surface area (Å²) in [6, 6.07) is 5.28. The molecule has 1 aromatic carbocycles. The Bertz CT molecular complexity index is 829. The van der Waals surface area contributed by atoms with Crippen LogP contribution in [0.3, 0.4) is 0 Å². The minimum atomic E-state index is -0.0337. The summed E-state index contributed by atoms with van der Waals surface area (Å²) < 4.78 is 0. The van der Waals surface area contributed by atoms with E-state index in [0.29, 0.717) is 50.9 Å². The highest BCUT2D eigenvalue weighted by atomic mass is 31.0. The second kappa shape index (κ2) is 17.9. The molecule has 2 amide bonds. The van der Waals surface area contributed by atoms with Crippen LogP contribution in [-0.4, -0.2) is 29.7 Å². The Labute approximate surface area is 204 Å². The van der Waals surface area contributed by atoms with Crippen LogP contribution >= 0.6 is 9.24 Å². The number of benzene rings is 1. The summed E-state index contributed by atoms with van der Waals surface area (Å²) >= 11 is 0. The molecule has 0 fully saturated rings. The molecule has 2 N–H and O–H groups in total. The molecule has 1 rings (SSSR count). The molecule has 0 spiro atoms. The molecule has 9 heteroatoms. The van der Waals surface area contributed by atoms with E-state index in [0.717, 1.165) is 56.1 Å². The predicted molar refractivity (Wildman–Crippen MR) is 137 cm³/mol. The second-order valence-corrected chi connectivity index (χ2v) is 9.21. The first-order valence-corrected chi connectivity index (χ1v) is 12.7. The molecule has 0 bridgehead atoms. The third-order valence-corrected chi connectivity index (χ3v) is 5.80. The third-order valence-electron chi connectivity index (χ3n) is 5.51. The van der Waals surface area contributed by atoms with E-state index in [1.165, 1.54) is 0 Å². The number of hydrogen-bond donors (Lipinski definition) is 2. The Hall–Kier alpha value is -2.47. The Balaban J connectivity index is 1.96. The topological polar surface area (TPSA) is 122 Å². The maximum absolute atomic E-state index is 12.0. The average molecular weight is 492 g/mol. The van der Waals surface area contributed by atoms with Crippen LogP contribution in [0.15, 0.2) is 23.4 Å². The van der Waals surface area contributed by atoms with Crippen molar-refractivity contribution in [3.05, 3.63) is 34.2 Å². The van der Waals surface area contributed by atoms with Gasteiger partial charge in [0, 0.05) is 45.2 Å². The maximum Gasteiger partial charge on any atom is 0.220 e. The number of Topliss-reactive ketones (excluding diaryl/α,β-unsaturated/α-hetero) is 1. The van der Waals surface area contributed by atoms with Gasteiger partial charge in [0.15, 0.2) is 0 Å². The largest absolute Gasteiger partial charge is 0.356 e. The molecule has 0 heterocycles. The fraction of sp³-hybridized carbons (Fsp3) is 0.600. The van der Waals surface area contributed by atoms with Gasteiger partial charge >= 0.3 is 0 Å². The van der Waals surface area contributed by atoms with E-state index in [9.17, 15) is 24.1 Å². The van der Waals surface area contributed by atoms with Gasteiger partial charge in [-0.1, -0.05) is 40.6 Å². The number of nitrogens with zero attached hydrogens (tertiary/aromatic N) is 1. The lowest BCUT2D eigenvalue weighted by Crippen LogP contribution is -2.24. The molecule has 34 heavy (non-hydrogen) atoms.